The van der Waals surface area contributed by atoms with Crippen LogP contribution in [0.5, 0.6) is 5.75 Å². The molecule has 0 amide bonds. The van der Waals surface area contributed by atoms with E-state index in [9.17, 15) is 0 Å². The molecule has 0 atom stereocenters. The van der Waals surface area contributed by atoms with E-state index in [4.69, 9.17) is 15.6 Å². The Kier molecular flexibility index (Phi) is 3.99. The van der Waals surface area contributed by atoms with Crippen LogP contribution >= 0.6 is 0 Å². The Bertz CT molecular complexity index is 364. The second kappa shape index (κ2) is 5.49. The van der Waals surface area contributed by atoms with E-state index >= 15 is 0 Å². The Hall–Kier alpha value is -1.10. The third-order valence-electron chi connectivity index (χ3n) is 3.04. The zero-order valence-corrected chi connectivity index (χ0v) is 9.98. The largest absolute Gasteiger partial charge is 0.492 e. The monoisotopic (exact) mass is 236 g/mol. The van der Waals surface area contributed by atoms with E-state index in [1.807, 2.05) is 24.3 Å². The molecule has 1 aliphatic rings. The van der Waals surface area contributed by atoms with Crippen molar-refractivity contribution in [2.45, 2.75) is 18.4 Å². The first-order valence-electron chi connectivity index (χ1n) is 6.09. The summed E-state index contributed by atoms with van der Waals surface area (Å²) in [6.45, 7) is 2.08. The molecule has 0 unspecified atom stereocenters. The van der Waals surface area contributed by atoms with Crippen molar-refractivity contribution < 1.29 is 9.84 Å². The number of para-hydroxylation sites is 1. The van der Waals surface area contributed by atoms with Crippen LogP contribution in [0.2, 0.25) is 0 Å². The lowest BCUT2D eigenvalue weighted by Gasteiger charge is -2.15. The van der Waals surface area contributed by atoms with Gasteiger partial charge >= 0.3 is 0 Å². The zero-order valence-electron chi connectivity index (χ0n) is 9.98. The van der Waals surface area contributed by atoms with Gasteiger partial charge in [-0.05, 0) is 18.9 Å². The fourth-order valence-electron chi connectivity index (χ4n) is 1.85. The van der Waals surface area contributed by atoms with Crippen LogP contribution in [0, 0.1) is 0 Å². The summed E-state index contributed by atoms with van der Waals surface area (Å²) in [5, 5.41) is 11.7. The predicted octanol–water partition coefficient (Wildman–Crippen LogP) is 0.595. The van der Waals surface area contributed by atoms with Crippen molar-refractivity contribution in [2.75, 3.05) is 26.3 Å². The molecule has 0 spiro atoms. The van der Waals surface area contributed by atoms with Crippen molar-refractivity contribution in [2.24, 2.45) is 5.73 Å². The molecule has 0 heterocycles. The van der Waals surface area contributed by atoms with Crippen LogP contribution in [-0.2, 0) is 5.54 Å². The maximum absolute atomic E-state index is 8.62. The lowest BCUT2D eigenvalue weighted by Crippen LogP contribution is -2.25. The van der Waals surface area contributed by atoms with Crippen LogP contribution in [0.4, 0.5) is 0 Å². The highest BCUT2D eigenvalue weighted by molar-refractivity contribution is 5.42. The van der Waals surface area contributed by atoms with Gasteiger partial charge < -0.3 is 20.9 Å². The Morgan fingerprint density at radius 3 is 2.76 bits per heavy atom. The fourth-order valence-corrected chi connectivity index (χ4v) is 1.85. The smallest absolute Gasteiger partial charge is 0.124 e. The van der Waals surface area contributed by atoms with Gasteiger partial charge in [-0.1, -0.05) is 18.2 Å². The molecule has 4 heteroatoms. The van der Waals surface area contributed by atoms with Crippen LogP contribution in [0.3, 0.4) is 0 Å². The zero-order chi connectivity index (χ0) is 12.1. The quantitative estimate of drug-likeness (QED) is 0.606. The van der Waals surface area contributed by atoms with Crippen molar-refractivity contribution >= 4 is 0 Å². The van der Waals surface area contributed by atoms with Gasteiger partial charge in [0.2, 0.25) is 0 Å². The van der Waals surface area contributed by atoms with E-state index in [1.165, 1.54) is 0 Å². The molecule has 1 aromatic carbocycles. The molecule has 1 aromatic rings. The molecule has 1 saturated carbocycles. The van der Waals surface area contributed by atoms with Crippen molar-refractivity contribution in [1.29, 1.82) is 0 Å². The lowest BCUT2D eigenvalue weighted by molar-refractivity contribution is 0.274. The molecule has 0 saturated heterocycles. The van der Waals surface area contributed by atoms with Crippen molar-refractivity contribution in [1.82, 2.24) is 5.32 Å². The van der Waals surface area contributed by atoms with Gasteiger partial charge in [-0.25, -0.2) is 0 Å². The number of hydrogen-bond acceptors (Lipinski definition) is 4. The minimum Gasteiger partial charge on any atom is -0.492 e. The van der Waals surface area contributed by atoms with Crippen LogP contribution in [0.25, 0.3) is 0 Å². The van der Waals surface area contributed by atoms with Crippen LogP contribution in [0.15, 0.2) is 24.3 Å². The van der Waals surface area contributed by atoms with Gasteiger partial charge in [-0.15, -0.1) is 0 Å². The Balaban J connectivity index is 1.87. The van der Waals surface area contributed by atoms with Crippen molar-refractivity contribution in [3.05, 3.63) is 29.8 Å². The molecule has 94 valence electrons. The third kappa shape index (κ3) is 3.19. The predicted molar refractivity (Wildman–Crippen MR) is 67.0 cm³/mol. The summed E-state index contributed by atoms with van der Waals surface area (Å²) in [5.41, 5.74) is 7.15. The van der Waals surface area contributed by atoms with Crippen LogP contribution < -0.4 is 15.8 Å². The van der Waals surface area contributed by atoms with Gasteiger partial charge in [0.05, 0.1) is 6.61 Å². The first-order chi connectivity index (χ1) is 8.26. The molecule has 0 aliphatic heterocycles. The third-order valence-corrected chi connectivity index (χ3v) is 3.04. The number of nitrogens with one attached hydrogen (secondary N) is 1. The molecule has 0 radical (unpaired) electrons. The topological polar surface area (TPSA) is 67.5 Å². The average molecular weight is 236 g/mol. The summed E-state index contributed by atoms with van der Waals surface area (Å²) in [5.74, 6) is 0.887. The summed E-state index contributed by atoms with van der Waals surface area (Å²) < 4.78 is 5.73. The van der Waals surface area contributed by atoms with Gasteiger partial charge in [0.25, 0.3) is 0 Å². The van der Waals surface area contributed by atoms with E-state index < -0.39 is 0 Å². The first kappa shape index (κ1) is 12.4. The molecule has 4 N–H and O–H groups in total. The normalized spacial score (nSPS) is 16.8. The Labute approximate surface area is 102 Å². The maximum Gasteiger partial charge on any atom is 0.124 e. The van der Waals surface area contributed by atoms with E-state index in [-0.39, 0.29) is 12.1 Å². The molecular formula is C13H20N2O2. The average Bonchev–Trinajstić information content (AvgIpc) is 3.09. The Morgan fingerprint density at radius 1 is 1.29 bits per heavy atom. The van der Waals surface area contributed by atoms with E-state index in [2.05, 4.69) is 5.32 Å². The second-order valence-corrected chi connectivity index (χ2v) is 4.47. The molecule has 1 aliphatic carbocycles. The minimum absolute atomic E-state index is 0.155. The standard InChI is InChI=1S/C13H20N2O2/c14-13(5-6-13)11-3-1-2-4-12(11)17-10-8-15-7-9-16/h1-4,15-16H,5-10,14H2. The lowest BCUT2D eigenvalue weighted by atomic mass is 10.1. The van der Waals surface area contributed by atoms with Gasteiger partial charge in [0, 0.05) is 24.2 Å². The van der Waals surface area contributed by atoms with Crippen LogP contribution in [-0.4, -0.2) is 31.4 Å². The van der Waals surface area contributed by atoms with Gasteiger partial charge in [-0.3, -0.25) is 0 Å². The molecule has 2 rings (SSSR count). The highest BCUT2D eigenvalue weighted by Crippen LogP contribution is 2.46. The molecule has 0 aromatic heterocycles. The Morgan fingerprint density at radius 2 is 2.06 bits per heavy atom. The summed E-state index contributed by atoms with van der Waals surface area (Å²) in [6, 6.07) is 7.97. The minimum atomic E-state index is -0.158. The van der Waals surface area contributed by atoms with Gasteiger partial charge in [0.15, 0.2) is 0 Å². The SMILES string of the molecule is NC1(c2ccccc2OCCNCCO)CC1. The number of ether oxygens (including phenoxy) is 1. The van der Waals surface area contributed by atoms with Crippen molar-refractivity contribution in [3.63, 3.8) is 0 Å². The van der Waals surface area contributed by atoms with Crippen molar-refractivity contribution in [3.8, 4) is 5.75 Å². The van der Waals surface area contributed by atoms with Crippen LogP contribution in [0.1, 0.15) is 18.4 Å². The van der Waals surface area contributed by atoms with E-state index in [1.54, 1.807) is 0 Å². The number of nitrogens with two attached hydrogens (primary N) is 1. The summed E-state index contributed by atoms with van der Waals surface area (Å²) in [6.07, 6.45) is 2.08. The highest BCUT2D eigenvalue weighted by atomic mass is 16.5. The molecule has 1 fully saturated rings. The summed E-state index contributed by atoms with van der Waals surface area (Å²) in [4.78, 5) is 0. The first-order valence-corrected chi connectivity index (χ1v) is 6.09. The number of aliphatic hydroxyl groups is 1. The number of aliphatic hydroxyl groups excluding tert-OH is 1. The molecule has 17 heavy (non-hydrogen) atoms. The second-order valence-electron chi connectivity index (χ2n) is 4.47. The summed E-state index contributed by atoms with van der Waals surface area (Å²) in [7, 11) is 0. The van der Waals surface area contributed by atoms with E-state index in [0.29, 0.717) is 13.2 Å². The van der Waals surface area contributed by atoms with Gasteiger partial charge in [-0.2, -0.15) is 0 Å². The number of hydrogen-bond donors (Lipinski definition) is 3. The molecule has 4 nitrogen and oxygen atoms in total. The number of benzene rings is 1. The molecule has 0 bridgehead atoms. The van der Waals surface area contributed by atoms with Gasteiger partial charge in [0.1, 0.15) is 12.4 Å². The fraction of sp³-hybridized carbons (Fsp3) is 0.538. The summed E-state index contributed by atoms with van der Waals surface area (Å²) >= 11 is 0. The maximum atomic E-state index is 8.62. The molecular weight excluding hydrogens is 216 g/mol. The highest BCUT2D eigenvalue weighted by Gasteiger charge is 2.41. The van der Waals surface area contributed by atoms with E-state index in [0.717, 1.165) is 30.7 Å². The number of rotatable bonds is 7.